The maximum absolute atomic E-state index is 10.6. The fourth-order valence-corrected chi connectivity index (χ4v) is 1.43. The first-order valence-electron chi connectivity index (χ1n) is 3.93. The molecule has 1 rings (SSSR count). The van der Waals surface area contributed by atoms with Crippen LogP contribution in [0.15, 0.2) is 5.16 Å². The largest absolute Gasteiger partial charge is 0.465 e. The first kappa shape index (κ1) is 8.83. The molecule has 1 heterocycles. The van der Waals surface area contributed by atoms with Crippen LogP contribution in [0.1, 0.15) is 19.3 Å². The number of nitrogens with zero attached hydrogens (tertiary/aromatic N) is 2. The van der Waals surface area contributed by atoms with Crippen molar-refractivity contribution in [1.29, 1.82) is 0 Å². The number of carbonyl (C=O) groups is 1. The first-order valence-corrected chi connectivity index (χ1v) is 3.93. The number of hydrogen-bond donors (Lipinski definition) is 2. The normalized spacial score (nSPS) is 24.7. The number of likely N-dealkylation sites (tertiary alicyclic amines) is 1. The Morgan fingerprint density at radius 1 is 1.58 bits per heavy atom. The van der Waals surface area contributed by atoms with Crippen LogP contribution in [0.3, 0.4) is 0 Å². The highest BCUT2D eigenvalue weighted by molar-refractivity contribution is 5.74. The van der Waals surface area contributed by atoms with E-state index in [2.05, 4.69) is 5.16 Å². The zero-order valence-corrected chi connectivity index (χ0v) is 6.68. The van der Waals surface area contributed by atoms with Gasteiger partial charge < -0.3 is 15.2 Å². The maximum Gasteiger partial charge on any atom is 0.407 e. The first-order chi connectivity index (χ1) is 5.75. The van der Waals surface area contributed by atoms with E-state index in [9.17, 15) is 4.79 Å². The predicted octanol–water partition coefficient (Wildman–Crippen LogP) is 0.979. The van der Waals surface area contributed by atoms with Gasteiger partial charge in [0.25, 0.3) is 0 Å². The van der Waals surface area contributed by atoms with Crippen LogP contribution in [-0.4, -0.2) is 40.1 Å². The molecule has 0 aromatic heterocycles. The van der Waals surface area contributed by atoms with Gasteiger partial charge in [-0.2, -0.15) is 0 Å². The molecule has 1 fully saturated rings. The van der Waals surface area contributed by atoms with Crippen molar-refractivity contribution in [1.82, 2.24) is 4.90 Å². The summed E-state index contributed by atoms with van der Waals surface area (Å²) < 4.78 is 0. The van der Waals surface area contributed by atoms with E-state index in [1.54, 1.807) is 0 Å². The highest BCUT2D eigenvalue weighted by atomic mass is 16.4. The van der Waals surface area contributed by atoms with Crippen LogP contribution in [0.2, 0.25) is 0 Å². The second-order valence-electron chi connectivity index (χ2n) is 2.80. The fourth-order valence-electron chi connectivity index (χ4n) is 1.43. The third-order valence-electron chi connectivity index (χ3n) is 2.03. The van der Waals surface area contributed by atoms with E-state index in [1.165, 1.54) is 11.1 Å². The van der Waals surface area contributed by atoms with Gasteiger partial charge >= 0.3 is 6.09 Å². The molecular weight excluding hydrogens is 160 g/mol. The molecule has 5 heteroatoms. The summed E-state index contributed by atoms with van der Waals surface area (Å²) in [6.45, 7) is 0.534. The molecule has 0 aromatic rings. The lowest BCUT2D eigenvalue weighted by molar-refractivity contribution is 0.124. The van der Waals surface area contributed by atoms with Gasteiger partial charge in [0, 0.05) is 6.54 Å². The van der Waals surface area contributed by atoms with Crippen molar-refractivity contribution in [2.75, 3.05) is 6.54 Å². The highest BCUT2D eigenvalue weighted by Crippen LogP contribution is 2.15. The van der Waals surface area contributed by atoms with E-state index in [0.717, 1.165) is 19.3 Å². The Hall–Kier alpha value is -1.26. The standard InChI is InChI=1S/C7H12N2O3/c10-7(11)9-4-2-1-3-6(9)5-8-12/h5-6,12H,1-4H2,(H,10,11)/b8-5+. The van der Waals surface area contributed by atoms with Gasteiger partial charge in [-0.1, -0.05) is 5.16 Å². The molecule has 5 nitrogen and oxygen atoms in total. The average Bonchev–Trinajstić information content (AvgIpc) is 2.05. The van der Waals surface area contributed by atoms with Crippen molar-refractivity contribution in [2.45, 2.75) is 25.3 Å². The van der Waals surface area contributed by atoms with Gasteiger partial charge in [-0.25, -0.2) is 4.79 Å². The fraction of sp³-hybridized carbons (Fsp3) is 0.714. The SMILES string of the molecule is O=C(O)N1CCCCC1/C=N/O. The Balaban J connectivity index is 2.60. The van der Waals surface area contributed by atoms with E-state index in [-0.39, 0.29) is 6.04 Å². The quantitative estimate of drug-likeness (QED) is 0.352. The summed E-state index contributed by atoms with van der Waals surface area (Å²) in [6, 6.07) is -0.249. The molecule has 0 saturated carbocycles. The lowest BCUT2D eigenvalue weighted by Crippen LogP contribution is -2.43. The Morgan fingerprint density at radius 3 is 2.92 bits per heavy atom. The molecule has 0 bridgehead atoms. The summed E-state index contributed by atoms with van der Waals surface area (Å²) in [7, 11) is 0. The Morgan fingerprint density at radius 2 is 2.33 bits per heavy atom. The third-order valence-corrected chi connectivity index (χ3v) is 2.03. The monoisotopic (exact) mass is 172 g/mol. The molecule has 1 atom stereocenters. The molecule has 1 aliphatic heterocycles. The van der Waals surface area contributed by atoms with Crippen molar-refractivity contribution in [3.05, 3.63) is 0 Å². The summed E-state index contributed by atoms with van der Waals surface area (Å²) in [6.07, 6.45) is 2.95. The topological polar surface area (TPSA) is 73.1 Å². The number of piperidine rings is 1. The molecule has 2 N–H and O–H groups in total. The van der Waals surface area contributed by atoms with E-state index >= 15 is 0 Å². The van der Waals surface area contributed by atoms with Crippen molar-refractivity contribution in [3.8, 4) is 0 Å². The molecule has 1 amide bonds. The second-order valence-corrected chi connectivity index (χ2v) is 2.80. The zero-order chi connectivity index (χ0) is 8.97. The summed E-state index contributed by atoms with van der Waals surface area (Å²) in [5.74, 6) is 0. The number of carboxylic acid groups (broad SMARTS) is 1. The van der Waals surface area contributed by atoms with Gasteiger partial charge in [0.15, 0.2) is 0 Å². The van der Waals surface area contributed by atoms with Crippen LogP contribution >= 0.6 is 0 Å². The third kappa shape index (κ3) is 1.87. The molecule has 0 aliphatic carbocycles. The van der Waals surface area contributed by atoms with Crippen LogP contribution in [0.5, 0.6) is 0 Å². The minimum atomic E-state index is -0.945. The number of amides is 1. The van der Waals surface area contributed by atoms with E-state index in [0.29, 0.717) is 6.54 Å². The summed E-state index contributed by atoms with van der Waals surface area (Å²) in [5, 5.41) is 19.8. The van der Waals surface area contributed by atoms with Crippen molar-refractivity contribution >= 4 is 12.3 Å². The summed E-state index contributed by atoms with van der Waals surface area (Å²) >= 11 is 0. The Labute approximate surface area is 70.3 Å². The molecule has 1 aliphatic rings. The molecule has 0 aromatic carbocycles. The smallest absolute Gasteiger partial charge is 0.407 e. The minimum Gasteiger partial charge on any atom is -0.465 e. The zero-order valence-electron chi connectivity index (χ0n) is 6.68. The molecule has 1 saturated heterocycles. The highest BCUT2D eigenvalue weighted by Gasteiger charge is 2.24. The lowest BCUT2D eigenvalue weighted by atomic mass is 10.0. The molecule has 12 heavy (non-hydrogen) atoms. The minimum absolute atomic E-state index is 0.249. The maximum atomic E-state index is 10.6. The van der Waals surface area contributed by atoms with Crippen LogP contribution in [0.4, 0.5) is 4.79 Å². The van der Waals surface area contributed by atoms with Gasteiger partial charge in [-0.05, 0) is 19.3 Å². The van der Waals surface area contributed by atoms with Gasteiger partial charge in [0.1, 0.15) is 0 Å². The summed E-state index contributed by atoms with van der Waals surface area (Å²) in [4.78, 5) is 11.9. The number of oxime groups is 1. The molecule has 68 valence electrons. The van der Waals surface area contributed by atoms with Crippen LogP contribution in [0.25, 0.3) is 0 Å². The van der Waals surface area contributed by atoms with Crippen molar-refractivity contribution in [2.24, 2.45) is 5.16 Å². The number of hydrogen-bond acceptors (Lipinski definition) is 3. The molecule has 1 unspecified atom stereocenters. The Kier molecular flexibility index (Phi) is 2.90. The van der Waals surface area contributed by atoms with E-state index in [4.69, 9.17) is 10.3 Å². The predicted molar refractivity (Wildman–Crippen MR) is 42.6 cm³/mol. The van der Waals surface area contributed by atoms with Gasteiger partial charge in [-0.3, -0.25) is 0 Å². The van der Waals surface area contributed by atoms with Crippen molar-refractivity contribution < 1.29 is 15.1 Å². The van der Waals surface area contributed by atoms with Crippen LogP contribution < -0.4 is 0 Å². The molecular formula is C7H12N2O3. The van der Waals surface area contributed by atoms with E-state index in [1.807, 2.05) is 0 Å². The van der Waals surface area contributed by atoms with Gasteiger partial charge in [0.05, 0.1) is 12.3 Å². The second kappa shape index (κ2) is 3.94. The lowest BCUT2D eigenvalue weighted by Gasteiger charge is -2.30. The molecule has 0 spiro atoms. The average molecular weight is 172 g/mol. The van der Waals surface area contributed by atoms with E-state index < -0.39 is 6.09 Å². The van der Waals surface area contributed by atoms with Crippen molar-refractivity contribution in [3.63, 3.8) is 0 Å². The van der Waals surface area contributed by atoms with Crippen LogP contribution in [-0.2, 0) is 0 Å². The number of rotatable bonds is 1. The van der Waals surface area contributed by atoms with Crippen LogP contribution in [0, 0.1) is 0 Å². The molecule has 0 radical (unpaired) electrons. The Bertz CT molecular complexity index is 193. The summed E-state index contributed by atoms with van der Waals surface area (Å²) in [5.41, 5.74) is 0. The van der Waals surface area contributed by atoms with Gasteiger partial charge in [-0.15, -0.1) is 0 Å². The van der Waals surface area contributed by atoms with Gasteiger partial charge in [0.2, 0.25) is 0 Å².